The number of carbonyl (C=O) groups excluding carboxylic acids is 1. The number of hydrogen-bond donors (Lipinski definition) is 1. The van der Waals surface area contributed by atoms with Gasteiger partial charge in [-0.1, -0.05) is 6.07 Å². The van der Waals surface area contributed by atoms with Gasteiger partial charge in [0, 0.05) is 6.20 Å². The molecule has 0 amide bonds. The van der Waals surface area contributed by atoms with Crippen LogP contribution >= 0.6 is 15.9 Å². The largest absolute Gasteiger partial charge is 0.465 e. The minimum absolute atomic E-state index is 0.352. The highest BCUT2D eigenvalue weighted by atomic mass is 79.9. The highest BCUT2D eigenvalue weighted by Gasteiger charge is 2.14. The van der Waals surface area contributed by atoms with Crippen molar-refractivity contribution in [1.82, 2.24) is 4.98 Å². The molecule has 0 bridgehead atoms. The lowest BCUT2D eigenvalue weighted by molar-refractivity contribution is -0.144. The molecule has 1 atom stereocenters. The molecule has 0 radical (unpaired) electrons. The molecule has 0 unspecified atom stereocenters. The lowest BCUT2D eigenvalue weighted by Crippen LogP contribution is -2.34. The summed E-state index contributed by atoms with van der Waals surface area (Å²) >= 11 is 3.23. The van der Waals surface area contributed by atoms with Crippen molar-refractivity contribution < 1.29 is 9.53 Å². The molecule has 0 aliphatic heterocycles. The first kappa shape index (κ1) is 12.1. The second kappa shape index (κ2) is 5.82. The molecule has 82 valence electrons. The standard InChI is InChI=1S/C10H13BrN2O2/c1-2-15-10(14)8(12)5-7-3-4-9(11)13-6-7/h3-4,6,8H,2,5,12H2,1H3/t8-/m0/s1. The minimum atomic E-state index is -0.618. The van der Waals surface area contributed by atoms with Crippen LogP contribution < -0.4 is 5.73 Å². The van der Waals surface area contributed by atoms with Crippen LogP contribution in [-0.4, -0.2) is 23.6 Å². The van der Waals surface area contributed by atoms with E-state index in [9.17, 15) is 4.79 Å². The number of halogens is 1. The third-order valence-electron chi connectivity index (χ3n) is 1.83. The molecule has 1 aromatic rings. The summed E-state index contributed by atoms with van der Waals surface area (Å²) < 4.78 is 5.57. The molecule has 0 saturated carbocycles. The summed E-state index contributed by atoms with van der Waals surface area (Å²) in [4.78, 5) is 15.3. The second-order valence-electron chi connectivity index (χ2n) is 3.05. The van der Waals surface area contributed by atoms with Gasteiger partial charge < -0.3 is 10.5 Å². The number of carbonyl (C=O) groups is 1. The van der Waals surface area contributed by atoms with Gasteiger partial charge in [0.1, 0.15) is 10.6 Å². The van der Waals surface area contributed by atoms with Gasteiger partial charge in [-0.3, -0.25) is 4.79 Å². The Morgan fingerprint density at radius 1 is 1.67 bits per heavy atom. The van der Waals surface area contributed by atoms with Crippen molar-refractivity contribution in [3.05, 3.63) is 28.5 Å². The molecule has 1 heterocycles. The molecule has 5 heteroatoms. The lowest BCUT2D eigenvalue weighted by Gasteiger charge is -2.09. The topological polar surface area (TPSA) is 65.2 Å². The van der Waals surface area contributed by atoms with E-state index in [0.717, 1.165) is 10.2 Å². The van der Waals surface area contributed by atoms with Gasteiger partial charge in [0.2, 0.25) is 0 Å². The SMILES string of the molecule is CCOC(=O)[C@@H](N)Cc1ccc(Br)nc1. The Kier molecular flexibility index (Phi) is 4.71. The molecule has 0 saturated heterocycles. The third-order valence-corrected chi connectivity index (χ3v) is 2.30. The Hall–Kier alpha value is -0.940. The van der Waals surface area contributed by atoms with E-state index in [-0.39, 0.29) is 5.97 Å². The fraction of sp³-hybridized carbons (Fsp3) is 0.400. The van der Waals surface area contributed by atoms with Crippen molar-refractivity contribution in [1.29, 1.82) is 0 Å². The summed E-state index contributed by atoms with van der Waals surface area (Å²) in [7, 11) is 0. The number of hydrogen-bond acceptors (Lipinski definition) is 4. The van der Waals surface area contributed by atoms with Crippen LogP contribution in [0.2, 0.25) is 0 Å². The van der Waals surface area contributed by atoms with Crippen LogP contribution in [0, 0.1) is 0 Å². The first-order valence-electron chi connectivity index (χ1n) is 4.66. The molecule has 4 nitrogen and oxygen atoms in total. The van der Waals surface area contributed by atoms with Gasteiger partial charge in [0.25, 0.3) is 0 Å². The summed E-state index contributed by atoms with van der Waals surface area (Å²) in [5.74, 6) is -0.375. The highest BCUT2D eigenvalue weighted by molar-refractivity contribution is 9.10. The number of pyridine rings is 1. The molecule has 0 fully saturated rings. The first-order valence-corrected chi connectivity index (χ1v) is 5.45. The third kappa shape index (κ3) is 3.97. The van der Waals surface area contributed by atoms with Gasteiger partial charge in [-0.2, -0.15) is 0 Å². The van der Waals surface area contributed by atoms with Crippen molar-refractivity contribution in [3.63, 3.8) is 0 Å². The maximum absolute atomic E-state index is 11.2. The molecule has 0 aromatic carbocycles. The van der Waals surface area contributed by atoms with Gasteiger partial charge >= 0.3 is 5.97 Å². The number of ether oxygens (including phenoxy) is 1. The van der Waals surface area contributed by atoms with Crippen LogP contribution in [0.1, 0.15) is 12.5 Å². The fourth-order valence-electron chi connectivity index (χ4n) is 1.11. The van der Waals surface area contributed by atoms with E-state index in [4.69, 9.17) is 10.5 Å². The average molecular weight is 273 g/mol. The predicted octanol–water partition coefficient (Wildman–Crippen LogP) is 1.28. The van der Waals surface area contributed by atoms with Crippen molar-refractivity contribution in [3.8, 4) is 0 Å². The molecule has 0 spiro atoms. The number of esters is 1. The van der Waals surface area contributed by atoms with E-state index >= 15 is 0 Å². The van der Waals surface area contributed by atoms with E-state index in [2.05, 4.69) is 20.9 Å². The Morgan fingerprint density at radius 2 is 2.40 bits per heavy atom. The second-order valence-corrected chi connectivity index (χ2v) is 3.86. The van der Waals surface area contributed by atoms with Crippen LogP contribution in [0.4, 0.5) is 0 Å². The van der Waals surface area contributed by atoms with Crippen LogP contribution in [-0.2, 0) is 16.0 Å². The van der Waals surface area contributed by atoms with E-state index in [1.807, 2.05) is 12.1 Å². The van der Waals surface area contributed by atoms with E-state index in [1.54, 1.807) is 13.1 Å². The normalized spacial score (nSPS) is 12.2. The van der Waals surface area contributed by atoms with Crippen molar-refractivity contribution in [2.24, 2.45) is 5.73 Å². The summed E-state index contributed by atoms with van der Waals surface area (Å²) in [6, 6.07) is 3.07. The van der Waals surface area contributed by atoms with Crippen molar-refractivity contribution >= 4 is 21.9 Å². The van der Waals surface area contributed by atoms with E-state index < -0.39 is 6.04 Å². The van der Waals surface area contributed by atoms with Gasteiger partial charge in [0.15, 0.2) is 0 Å². The quantitative estimate of drug-likeness (QED) is 0.663. The maximum Gasteiger partial charge on any atom is 0.323 e. The lowest BCUT2D eigenvalue weighted by atomic mass is 10.1. The van der Waals surface area contributed by atoms with Gasteiger partial charge in [-0.25, -0.2) is 4.98 Å². The summed E-state index contributed by atoms with van der Waals surface area (Å²) in [6.45, 7) is 2.11. The van der Waals surface area contributed by atoms with Crippen LogP contribution in [0.25, 0.3) is 0 Å². The highest BCUT2D eigenvalue weighted by Crippen LogP contribution is 2.08. The van der Waals surface area contributed by atoms with Crippen molar-refractivity contribution in [2.45, 2.75) is 19.4 Å². The molecule has 2 N–H and O–H groups in total. The number of rotatable bonds is 4. The number of nitrogens with two attached hydrogens (primary N) is 1. The molecular weight excluding hydrogens is 260 g/mol. The van der Waals surface area contributed by atoms with Gasteiger partial charge in [-0.15, -0.1) is 0 Å². The van der Waals surface area contributed by atoms with Crippen molar-refractivity contribution in [2.75, 3.05) is 6.61 Å². The number of aromatic nitrogens is 1. The first-order chi connectivity index (χ1) is 7.13. The molecule has 0 aliphatic rings. The zero-order chi connectivity index (χ0) is 11.3. The molecule has 1 aromatic heterocycles. The predicted molar refractivity (Wildman–Crippen MR) is 60.2 cm³/mol. The average Bonchev–Trinajstić information content (AvgIpc) is 2.22. The minimum Gasteiger partial charge on any atom is -0.465 e. The Bertz CT molecular complexity index is 327. The molecule has 15 heavy (non-hydrogen) atoms. The van der Waals surface area contributed by atoms with E-state index in [0.29, 0.717) is 13.0 Å². The van der Waals surface area contributed by atoms with Gasteiger partial charge in [0.05, 0.1) is 6.61 Å². The van der Waals surface area contributed by atoms with Crippen LogP contribution in [0.3, 0.4) is 0 Å². The molecule has 1 rings (SSSR count). The van der Waals surface area contributed by atoms with Crippen LogP contribution in [0.5, 0.6) is 0 Å². The number of nitrogens with zero attached hydrogens (tertiary/aromatic N) is 1. The Labute approximate surface area is 97.0 Å². The Balaban J connectivity index is 2.54. The van der Waals surface area contributed by atoms with E-state index in [1.165, 1.54) is 0 Å². The smallest absolute Gasteiger partial charge is 0.323 e. The molecule has 0 aliphatic carbocycles. The van der Waals surface area contributed by atoms with Gasteiger partial charge in [-0.05, 0) is 40.9 Å². The zero-order valence-corrected chi connectivity index (χ0v) is 10.0. The fourth-order valence-corrected chi connectivity index (χ4v) is 1.35. The molecular formula is C10H13BrN2O2. The zero-order valence-electron chi connectivity index (χ0n) is 8.44. The summed E-state index contributed by atoms with van der Waals surface area (Å²) in [5.41, 5.74) is 6.57. The monoisotopic (exact) mass is 272 g/mol. The summed E-state index contributed by atoms with van der Waals surface area (Å²) in [6.07, 6.45) is 2.13. The summed E-state index contributed by atoms with van der Waals surface area (Å²) in [5, 5.41) is 0. The van der Waals surface area contributed by atoms with Crippen LogP contribution in [0.15, 0.2) is 22.9 Å². The maximum atomic E-state index is 11.2. The Morgan fingerprint density at radius 3 is 2.93 bits per heavy atom.